The first kappa shape index (κ1) is 15.4. The molecule has 0 heterocycles. The molecule has 0 aliphatic heterocycles. The third-order valence-corrected chi connectivity index (χ3v) is 3.30. The van der Waals surface area contributed by atoms with E-state index in [9.17, 15) is 0 Å². The predicted molar refractivity (Wildman–Crippen MR) is 82.6 cm³/mol. The van der Waals surface area contributed by atoms with Crippen molar-refractivity contribution in [3.05, 3.63) is 54.3 Å². The Bertz CT molecular complexity index is 437. The van der Waals surface area contributed by atoms with Gasteiger partial charge in [-0.3, -0.25) is 0 Å². The number of aryl methyl sites for hydroxylation is 1. The van der Waals surface area contributed by atoms with Gasteiger partial charge >= 0.3 is 0 Å². The highest BCUT2D eigenvalue weighted by atomic mass is 16.5. The maximum Gasteiger partial charge on any atom is 0.121 e. The van der Waals surface area contributed by atoms with Crippen molar-refractivity contribution < 1.29 is 4.74 Å². The van der Waals surface area contributed by atoms with Crippen molar-refractivity contribution >= 4 is 0 Å². The van der Waals surface area contributed by atoms with Gasteiger partial charge in [0.15, 0.2) is 0 Å². The van der Waals surface area contributed by atoms with Gasteiger partial charge in [0.1, 0.15) is 5.75 Å². The lowest BCUT2D eigenvalue weighted by Gasteiger charge is -2.17. The van der Waals surface area contributed by atoms with Crippen molar-refractivity contribution in [2.45, 2.75) is 26.7 Å². The summed E-state index contributed by atoms with van der Waals surface area (Å²) in [6, 6.07) is 6.34. The monoisotopic (exact) mass is 259 g/mol. The summed E-state index contributed by atoms with van der Waals surface area (Å²) in [5, 5.41) is 3.35. The normalized spacial score (nSPS) is 11.7. The lowest BCUT2D eigenvalue weighted by atomic mass is 9.97. The Morgan fingerprint density at radius 3 is 2.79 bits per heavy atom. The van der Waals surface area contributed by atoms with E-state index < -0.39 is 0 Å². The summed E-state index contributed by atoms with van der Waals surface area (Å²) in [6.45, 7) is 13.0. The summed E-state index contributed by atoms with van der Waals surface area (Å²) in [4.78, 5) is 0. The number of allylic oxidation sites excluding steroid dienone is 1. The van der Waals surface area contributed by atoms with Crippen molar-refractivity contribution in [2.75, 3.05) is 13.7 Å². The molecule has 0 radical (unpaired) electrons. The Labute approximate surface area is 117 Å². The molecule has 1 N–H and O–H groups in total. The van der Waals surface area contributed by atoms with Crippen molar-refractivity contribution in [3.8, 4) is 5.75 Å². The first-order valence-electron chi connectivity index (χ1n) is 6.75. The van der Waals surface area contributed by atoms with Crippen LogP contribution in [0.4, 0.5) is 0 Å². The Hall–Kier alpha value is -1.70. The summed E-state index contributed by atoms with van der Waals surface area (Å²) in [7, 11) is 1.70. The minimum Gasteiger partial charge on any atom is -0.496 e. The molecule has 104 valence electrons. The van der Waals surface area contributed by atoms with E-state index in [-0.39, 0.29) is 0 Å². The number of benzene rings is 1. The van der Waals surface area contributed by atoms with E-state index in [1.807, 2.05) is 12.1 Å². The number of hydrogen-bond donors (Lipinski definition) is 1. The molecule has 2 nitrogen and oxygen atoms in total. The topological polar surface area (TPSA) is 21.3 Å². The molecular weight excluding hydrogens is 234 g/mol. The van der Waals surface area contributed by atoms with E-state index in [0.717, 1.165) is 30.8 Å². The van der Waals surface area contributed by atoms with Crippen LogP contribution in [0.25, 0.3) is 0 Å². The van der Waals surface area contributed by atoms with Gasteiger partial charge in [-0.1, -0.05) is 31.7 Å². The van der Waals surface area contributed by atoms with Gasteiger partial charge in [-0.2, -0.15) is 0 Å². The average molecular weight is 259 g/mol. The van der Waals surface area contributed by atoms with Crippen LogP contribution in [0.1, 0.15) is 24.5 Å². The Morgan fingerprint density at radius 2 is 2.21 bits per heavy atom. The number of methoxy groups -OCH3 is 1. The quantitative estimate of drug-likeness (QED) is 0.565. The smallest absolute Gasteiger partial charge is 0.121 e. The third-order valence-electron chi connectivity index (χ3n) is 3.30. The first-order chi connectivity index (χ1) is 9.08. The Kier molecular flexibility index (Phi) is 6.20. The lowest BCUT2D eigenvalue weighted by molar-refractivity contribution is 0.411. The molecule has 1 atom stereocenters. The van der Waals surface area contributed by atoms with Crippen molar-refractivity contribution in [3.63, 3.8) is 0 Å². The van der Waals surface area contributed by atoms with E-state index >= 15 is 0 Å². The summed E-state index contributed by atoms with van der Waals surface area (Å²) >= 11 is 0. The molecule has 19 heavy (non-hydrogen) atoms. The number of ether oxygens (including phenoxy) is 1. The molecule has 2 heteroatoms. The van der Waals surface area contributed by atoms with Gasteiger partial charge < -0.3 is 10.1 Å². The fraction of sp³-hybridized carbons (Fsp3) is 0.412. The minimum atomic E-state index is 0.414. The molecule has 1 aromatic carbocycles. The third kappa shape index (κ3) is 4.82. The summed E-state index contributed by atoms with van der Waals surface area (Å²) in [5.74, 6) is 1.36. The van der Waals surface area contributed by atoms with Crippen LogP contribution in [0.5, 0.6) is 5.75 Å². The van der Waals surface area contributed by atoms with E-state index in [2.05, 4.69) is 44.5 Å². The van der Waals surface area contributed by atoms with Crippen LogP contribution in [0.3, 0.4) is 0 Å². The van der Waals surface area contributed by atoms with E-state index in [1.54, 1.807) is 7.11 Å². The van der Waals surface area contributed by atoms with Crippen LogP contribution in [-0.4, -0.2) is 13.7 Å². The standard InChI is InChI=1S/C17H25NO/c1-6-7-10-18-15(4)13(2)11-16-8-9-17(19-5)14(3)12-16/h6,8-9,12-13,18H,1,4,7,10-11H2,2-3,5H3/t13-/m1/s1. The van der Waals surface area contributed by atoms with Gasteiger partial charge in [0.25, 0.3) is 0 Å². The van der Waals surface area contributed by atoms with Gasteiger partial charge in [-0.15, -0.1) is 6.58 Å². The molecule has 0 amide bonds. The molecule has 0 spiro atoms. The molecule has 0 saturated carbocycles. The lowest BCUT2D eigenvalue weighted by Crippen LogP contribution is -2.20. The van der Waals surface area contributed by atoms with Gasteiger partial charge in [-0.25, -0.2) is 0 Å². The minimum absolute atomic E-state index is 0.414. The predicted octanol–water partition coefficient (Wildman–Crippen LogP) is 3.86. The zero-order valence-electron chi connectivity index (χ0n) is 12.3. The highest BCUT2D eigenvalue weighted by Crippen LogP contribution is 2.21. The highest BCUT2D eigenvalue weighted by molar-refractivity contribution is 5.36. The van der Waals surface area contributed by atoms with Gasteiger partial charge in [-0.05, 0) is 42.9 Å². The molecule has 0 aliphatic rings. The zero-order valence-corrected chi connectivity index (χ0v) is 12.3. The maximum atomic E-state index is 5.28. The molecule has 0 aromatic heterocycles. The fourth-order valence-electron chi connectivity index (χ4n) is 2.05. The summed E-state index contributed by atoms with van der Waals surface area (Å²) in [6.07, 6.45) is 3.87. The first-order valence-corrected chi connectivity index (χ1v) is 6.75. The van der Waals surface area contributed by atoms with Crippen molar-refractivity contribution in [1.29, 1.82) is 0 Å². The van der Waals surface area contributed by atoms with E-state index in [4.69, 9.17) is 4.74 Å². The summed E-state index contributed by atoms with van der Waals surface area (Å²) in [5.41, 5.74) is 3.59. The molecular formula is C17H25NO. The van der Waals surface area contributed by atoms with Crippen LogP contribution in [-0.2, 0) is 6.42 Å². The number of rotatable bonds is 8. The molecule has 1 aromatic rings. The molecule has 0 aliphatic carbocycles. The van der Waals surface area contributed by atoms with E-state index in [1.165, 1.54) is 11.1 Å². The van der Waals surface area contributed by atoms with Gasteiger partial charge in [0.2, 0.25) is 0 Å². The number of hydrogen-bond acceptors (Lipinski definition) is 2. The molecule has 0 saturated heterocycles. The van der Waals surface area contributed by atoms with E-state index in [0.29, 0.717) is 5.92 Å². The van der Waals surface area contributed by atoms with Gasteiger partial charge in [0, 0.05) is 12.2 Å². The second kappa shape index (κ2) is 7.67. The van der Waals surface area contributed by atoms with Crippen LogP contribution in [0.15, 0.2) is 43.1 Å². The molecule has 0 unspecified atom stereocenters. The second-order valence-corrected chi connectivity index (χ2v) is 4.94. The van der Waals surface area contributed by atoms with Crippen LogP contribution in [0.2, 0.25) is 0 Å². The van der Waals surface area contributed by atoms with Crippen LogP contribution in [0, 0.1) is 12.8 Å². The Balaban J connectivity index is 2.56. The SMILES string of the molecule is C=CCCNC(=C)[C@H](C)Cc1ccc(OC)c(C)c1. The average Bonchev–Trinajstić information content (AvgIpc) is 2.39. The maximum absolute atomic E-state index is 5.28. The largest absolute Gasteiger partial charge is 0.496 e. The molecule has 0 fully saturated rings. The van der Waals surface area contributed by atoms with Crippen LogP contribution < -0.4 is 10.1 Å². The second-order valence-electron chi connectivity index (χ2n) is 4.94. The molecule has 0 bridgehead atoms. The summed E-state index contributed by atoms with van der Waals surface area (Å²) < 4.78 is 5.28. The Morgan fingerprint density at radius 1 is 1.47 bits per heavy atom. The van der Waals surface area contributed by atoms with Crippen LogP contribution >= 0.6 is 0 Å². The van der Waals surface area contributed by atoms with Crippen molar-refractivity contribution in [2.24, 2.45) is 5.92 Å². The zero-order chi connectivity index (χ0) is 14.3. The fourth-order valence-corrected chi connectivity index (χ4v) is 2.05. The van der Waals surface area contributed by atoms with Crippen molar-refractivity contribution in [1.82, 2.24) is 5.32 Å². The number of nitrogens with one attached hydrogen (secondary N) is 1. The highest BCUT2D eigenvalue weighted by Gasteiger charge is 2.08. The van der Waals surface area contributed by atoms with Gasteiger partial charge in [0.05, 0.1) is 7.11 Å². The molecule has 1 rings (SSSR count).